The normalized spacial score (nSPS) is 12.8. The van der Waals surface area contributed by atoms with Crippen LogP contribution in [0.4, 0.5) is 0 Å². The number of aromatic hydroxyl groups is 1. The van der Waals surface area contributed by atoms with Crippen LogP contribution < -0.4 is 5.43 Å². The van der Waals surface area contributed by atoms with Crippen LogP contribution in [-0.4, -0.2) is 30.0 Å². The number of phenolic OH excluding ortho intramolecular Hbond substituents is 1. The van der Waals surface area contributed by atoms with Crippen molar-refractivity contribution in [3.8, 4) is 5.75 Å². The van der Waals surface area contributed by atoms with E-state index in [1.54, 1.807) is 18.2 Å². The number of phenols is 1. The van der Waals surface area contributed by atoms with Crippen molar-refractivity contribution >= 4 is 29.4 Å². The van der Waals surface area contributed by atoms with Gasteiger partial charge in [0.25, 0.3) is 5.91 Å². The predicted molar refractivity (Wildman–Crippen MR) is 81.4 cm³/mol. The standard InChI is InChI=1S/C14H16ClN3O2/c1-3-11(15)8-12(16-2)14(20)18-17-9-10-6-4-5-7-13(10)19/h4-9,19H,3H2,1-2H3,(H,18,20)/b11-8+,16-12?,17-9+. The fourth-order valence-electron chi connectivity index (χ4n) is 1.30. The molecule has 0 fully saturated rings. The van der Waals surface area contributed by atoms with Crippen molar-refractivity contribution in [2.45, 2.75) is 13.3 Å². The predicted octanol–water partition coefficient (Wildman–Crippen LogP) is 2.45. The molecule has 6 heteroatoms. The van der Waals surface area contributed by atoms with Gasteiger partial charge in [0, 0.05) is 17.6 Å². The number of aliphatic imine (C=N–C) groups is 1. The lowest BCUT2D eigenvalue weighted by molar-refractivity contribution is -0.114. The summed E-state index contributed by atoms with van der Waals surface area (Å²) in [4.78, 5) is 15.6. The van der Waals surface area contributed by atoms with Crippen LogP contribution in [0.5, 0.6) is 5.75 Å². The monoisotopic (exact) mass is 293 g/mol. The van der Waals surface area contributed by atoms with E-state index in [9.17, 15) is 9.90 Å². The molecule has 5 nitrogen and oxygen atoms in total. The van der Waals surface area contributed by atoms with Gasteiger partial charge in [-0.15, -0.1) is 0 Å². The number of hydrazone groups is 1. The quantitative estimate of drug-likeness (QED) is 0.646. The Morgan fingerprint density at radius 3 is 2.75 bits per heavy atom. The molecule has 1 aromatic rings. The lowest BCUT2D eigenvalue weighted by Gasteiger charge is -2.01. The first-order chi connectivity index (χ1) is 9.58. The van der Waals surface area contributed by atoms with Crippen LogP contribution in [0.25, 0.3) is 0 Å². The molecule has 0 heterocycles. The minimum absolute atomic E-state index is 0.0869. The molecule has 106 valence electrons. The second kappa shape index (κ2) is 8.12. The number of carbonyl (C=O) groups excluding carboxylic acids is 1. The number of carbonyl (C=O) groups is 1. The fraction of sp³-hybridized carbons (Fsp3) is 0.214. The summed E-state index contributed by atoms with van der Waals surface area (Å²) in [6.07, 6.45) is 3.47. The average Bonchev–Trinajstić information content (AvgIpc) is 2.46. The maximum absolute atomic E-state index is 11.8. The Labute approximate surface area is 122 Å². The molecule has 0 atom stereocenters. The van der Waals surface area contributed by atoms with Crippen molar-refractivity contribution in [2.75, 3.05) is 7.05 Å². The highest BCUT2D eigenvalue weighted by Gasteiger charge is 2.07. The molecule has 20 heavy (non-hydrogen) atoms. The number of nitrogens with one attached hydrogen (secondary N) is 1. The van der Waals surface area contributed by atoms with Crippen LogP contribution in [0, 0.1) is 0 Å². The summed E-state index contributed by atoms with van der Waals surface area (Å²) in [5.74, 6) is -0.380. The average molecular weight is 294 g/mol. The maximum Gasteiger partial charge on any atom is 0.289 e. The second-order valence-electron chi connectivity index (χ2n) is 3.81. The van der Waals surface area contributed by atoms with Gasteiger partial charge in [-0.25, -0.2) is 5.43 Å². The Morgan fingerprint density at radius 1 is 1.45 bits per heavy atom. The summed E-state index contributed by atoms with van der Waals surface area (Å²) in [6, 6.07) is 6.66. The van der Waals surface area contributed by atoms with Crippen LogP contribution in [0.3, 0.4) is 0 Å². The minimum Gasteiger partial charge on any atom is -0.507 e. The number of para-hydroxylation sites is 1. The largest absolute Gasteiger partial charge is 0.507 e. The number of amides is 1. The van der Waals surface area contributed by atoms with Crippen molar-refractivity contribution in [3.63, 3.8) is 0 Å². The fourth-order valence-corrected chi connectivity index (χ4v) is 1.40. The van der Waals surface area contributed by atoms with Crippen LogP contribution in [-0.2, 0) is 4.79 Å². The topological polar surface area (TPSA) is 74.0 Å². The molecule has 0 aromatic heterocycles. The molecule has 0 bridgehead atoms. The van der Waals surface area contributed by atoms with E-state index in [1.807, 2.05) is 6.92 Å². The first-order valence-corrected chi connectivity index (χ1v) is 6.40. The van der Waals surface area contributed by atoms with Crippen molar-refractivity contribution in [2.24, 2.45) is 10.1 Å². The van der Waals surface area contributed by atoms with Crippen LogP contribution in [0.15, 0.2) is 45.5 Å². The number of nitrogens with zero attached hydrogens (tertiary/aromatic N) is 2. The second-order valence-corrected chi connectivity index (χ2v) is 4.30. The van der Waals surface area contributed by atoms with E-state index in [-0.39, 0.29) is 11.5 Å². The van der Waals surface area contributed by atoms with Gasteiger partial charge in [-0.1, -0.05) is 30.7 Å². The van der Waals surface area contributed by atoms with Crippen molar-refractivity contribution in [1.82, 2.24) is 5.43 Å². The van der Waals surface area contributed by atoms with Crippen molar-refractivity contribution in [1.29, 1.82) is 0 Å². The third-order valence-electron chi connectivity index (χ3n) is 2.41. The van der Waals surface area contributed by atoms with Crippen LogP contribution in [0.2, 0.25) is 0 Å². The maximum atomic E-state index is 11.8. The molecule has 1 aromatic carbocycles. The summed E-state index contributed by atoms with van der Waals surface area (Å²) in [5.41, 5.74) is 3.02. The highest BCUT2D eigenvalue weighted by molar-refractivity contribution is 6.45. The zero-order chi connectivity index (χ0) is 15.0. The zero-order valence-electron chi connectivity index (χ0n) is 11.3. The summed E-state index contributed by atoms with van der Waals surface area (Å²) in [5, 5.41) is 13.8. The summed E-state index contributed by atoms with van der Waals surface area (Å²) >= 11 is 5.86. The van der Waals surface area contributed by atoms with Crippen molar-refractivity contribution in [3.05, 3.63) is 40.9 Å². The van der Waals surface area contributed by atoms with Crippen LogP contribution in [0.1, 0.15) is 18.9 Å². The molecule has 0 saturated heterocycles. The number of rotatable bonds is 5. The van der Waals surface area contributed by atoms with E-state index < -0.39 is 5.91 Å². The molecule has 2 N–H and O–H groups in total. The summed E-state index contributed by atoms with van der Waals surface area (Å²) in [6.45, 7) is 1.88. The Balaban J connectivity index is 2.70. The Hall–Kier alpha value is -2.14. The molecule has 0 aliphatic heterocycles. The lowest BCUT2D eigenvalue weighted by atomic mass is 10.2. The lowest BCUT2D eigenvalue weighted by Crippen LogP contribution is -2.26. The number of hydrogen-bond donors (Lipinski definition) is 2. The van der Waals surface area contributed by atoms with Crippen molar-refractivity contribution < 1.29 is 9.90 Å². The number of hydrogen-bond acceptors (Lipinski definition) is 4. The van der Waals surface area contributed by atoms with Gasteiger partial charge in [-0.2, -0.15) is 5.10 Å². The molecular weight excluding hydrogens is 278 g/mol. The minimum atomic E-state index is -0.467. The highest BCUT2D eigenvalue weighted by Crippen LogP contribution is 2.12. The molecule has 0 spiro atoms. The number of halogens is 1. The molecule has 0 aliphatic rings. The molecule has 0 radical (unpaired) electrons. The summed E-state index contributed by atoms with van der Waals surface area (Å²) < 4.78 is 0. The zero-order valence-corrected chi connectivity index (χ0v) is 12.1. The van der Waals surface area contributed by atoms with E-state index in [2.05, 4.69) is 15.5 Å². The van der Waals surface area contributed by atoms with Gasteiger partial charge in [0.15, 0.2) is 0 Å². The Kier molecular flexibility index (Phi) is 6.46. The first-order valence-electron chi connectivity index (χ1n) is 6.02. The molecule has 0 aliphatic carbocycles. The summed E-state index contributed by atoms with van der Waals surface area (Å²) in [7, 11) is 1.50. The number of allylic oxidation sites excluding steroid dienone is 1. The van der Waals surface area contributed by atoms with Gasteiger partial charge in [0.1, 0.15) is 11.5 Å². The van der Waals surface area contributed by atoms with E-state index in [0.29, 0.717) is 17.0 Å². The van der Waals surface area contributed by atoms with E-state index in [0.717, 1.165) is 0 Å². The van der Waals surface area contributed by atoms with Gasteiger partial charge in [-0.05, 0) is 24.6 Å². The Bertz CT molecular complexity index is 565. The van der Waals surface area contributed by atoms with Gasteiger partial charge in [0.05, 0.1) is 6.21 Å². The number of benzene rings is 1. The SMILES string of the molecule is CC/C(Cl)=C\C(=NC)C(=O)N/N=C/c1ccccc1O. The van der Waals surface area contributed by atoms with Crippen LogP contribution >= 0.6 is 11.6 Å². The first kappa shape index (κ1) is 15.9. The van der Waals surface area contributed by atoms with E-state index in [4.69, 9.17) is 11.6 Å². The molecule has 0 unspecified atom stereocenters. The molecule has 0 saturated carbocycles. The van der Waals surface area contributed by atoms with Gasteiger partial charge >= 0.3 is 0 Å². The van der Waals surface area contributed by atoms with E-state index in [1.165, 1.54) is 25.4 Å². The third kappa shape index (κ3) is 4.85. The van der Waals surface area contributed by atoms with E-state index >= 15 is 0 Å². The van der Waals surface area contributed by atoms with Gasteiger partial charge in [0.2, 0.25) is 0 Å². The van der Waals surface area contributed by atoms with Gasteiger partial charge < -0.3 is 5.11 Å². The van der Waals surface area contributed by atoms with Gasteiger partial charge in [-0.3, -0.25) is 9.79 Å². The highest BCUT2D eigenvalue weighted by atomic mass is 35.5. The smallest absolute Gasteiger partial charge is 0.289 e. The molecule has 1 rings (SSSR count). The Morgan fingerprint density at radius 2 is 2.15 bits per heavy atom. The molecular formula is C14H16ClN3O2. The third-order valence-corrected chi connectivity index (χ3v) is 2.79. The molecule has 1 amide bonds.